The molecule has 0 fully saturated rings. The number of thiazole rings is 2. The number of benzene rings is 2. The van der Waals surface area contributed by atoms with E-state index in [4.69, 9.17) is 0 Å². The summed E-state index contributed by atoms with van der Waals surface area (Å²) in [6, 6.07) is 15.5. The van der Waals surface area contributed by atoms with Crippen LogP contribution in [0.2, 0.25) is 0 Å². The van der Waals surface area contributed by atoms with Crippen molar-refractivity contribution in [2.75, 3.05) is 4.90 Å². The lowest BCUT2D eigenvalue weighted by Crippen LogP contribution is -2.30. The van der Waals surface area contributed by atoms with Gasteiger partial charge in [0.05, 0.1) is 16.8 Å². The van der Waals surface area contributed by atoms with Crippen molar-refractivity contribution in [1.29, 1.82) is 0 Å². The fourth-order valence-corrected chi connectivity index (χ4v) is 4.70. The van der Waals surface area contributed by atoms with Gasteiger partial charge < -0.3 is 0 Å². The van der Waals surface area contributed by atoms with Crippen LogP contribution in [0.3, 0.4) is 0 Å². The second kappa shape index (κ2) is 8.29. The van der Waals surface area contributed by atoms with Gasteiger partial charge in [-0.25, -0.2) is 24.3 Å². The van der Waals surface area contributed by atoms with Crippen LogP contribution >= 0.6 is 22.7 Å². The van der Waals surface area contributed by atoms with Crippen molar-refractivity contribution in [2.24, 2.45) is 0 Å². The van der Waals surface area contributed by atoms with E-state index < -0.39 is 0 Å². The molecule has 0 aliphatic carbocycles. The molecule has 0 N–H and O–H groups in total. The Hall–Kier alpha value is -3.56. The minimum absolute atomic E-state index is 0.244. The number of halogens is 1. The molecule has 0 aliphatic heterocycles. The van der Waals surface area contributed by atoms with Gasteiger partial charge >= 0.3 is 0 Å². The quantitative estimate of drug-likeness (QED) is 0.370. The van der Waals surface area contributed by atoms with Crippen LogP contribution in [-0.4, -0.2) is 25.8 Å². The number of rotatable bonds is 5. The Morgan fingerprint density at radius 2 is 1.74 bits per heavy atom. The summed E-state index contributed by atoms with van der Waals surface area (Å²) in [4.78, 5) is 32.5. The summed E-state index contributed by atoms with van der Waals surface area (Å²) in [5.74, 6) is -0.146. The number of para-hydroxylation sites is 1. The van der Waals surface area contributed by atoms with Crippen molar-refractivity contribution >= 4 is 43.9 Å². The van der Waals surface area contributed by atoms with Crippen LogP contribution in [-0.2, 0) is 6.54 Å². The van der Waals surface area contributed by atoms with Gasteiger partial charge in [-0.1, -0.05) is 35.6 Å². The molecule has 0 radical (unpaired) electrons. The van der Waals surface area contributed by atoms with Gasteiger partial charge in [0, 0.05) is 17.8 Å². The molecule has 0 spiro atoms. The lowest BCUT2D eigenvalue weighted by molar-refractivity contribution is 0.0981. The normalized spacial score (nSPS) is 11.0. The summed E-state index contributed by atoms with van der Waals surface area (Å²) in [7, 11) is 0. The van der Waals surface area contributed by atoms with Crippen molar-refractivity contribution in [3.63, 3.8) is 0 Å². The summed E-state index contributed by atoms with van der Waals surface area (Å²) in [5, 5.41) is 2.81. The molecule has 0 atom stereocenters. The van der Waals surface area contributed by atoms with Crippen LogP contribution in [0.4, 0.5) is 9.52 Å². The van der Waals surface area contributed by atoms with Crippen LogP contribution in [0.15, 0.2) is 72.4 Å². The third-order valence-corrected chi connectivity index (χ3v) is 6.39. The molecule has 0 bridgehead atoms. The SMILES string of the molecule is O=C(c1csc(-c2ncccn2)n1)N(Cc1ccc(F)cc1)c1nc2ccccc2s1. The van der Waals surface area contributed by atoms with E-state index in [1.54, 1.807) is 40.9 Å². The molecule has 3 heterocycles. The molecule has 0 aliphatic rings. The lowest BCUT2D eigenvalue weighted by Gasteiger charge is -2.19. The number of nitrogens with zero attached hydrogens (tertiary/aromatic N) is 5. The first kappa shape index (κ1) is 19.4. The Balaban J connectivity index is 1.52. The van der Waals surface area contributed by atoms with Gasteiger partial charge in [-0.05, 0) is 35.9 Å². The van der Waals surface area contributed by atoms with E-state index in [1.165, 1.54) is 34.8 Å². The highest BCUT2D eigenvalue weighted by Gasteiger charge is 2.24. The highest BCUT2D eigenvalue weighted by atomic mass is 32.1. The van der Waals surface area contributed by atoms with E-state index in [1.807, 2.05) is 24.3 Å². The second-order valence-electron chi connectivity index (χ2n) is 6.59. The molecule has 6 nitrogen and oxygen atoms in total. The maximum absolute atomic E-state index is 13.5. The smallest absolute Gasteiger partial charge is 0.278 e. The molecule has 0 saturated heterocycles. The van der Waals surface area contributed by atoms with Crippen LogP contribution in [0.1, 0.15) is 16.1 Å². The summed E-state index contributed by atoms with van der Waals surface area (Å²) in [6.45, 7) is 0.244. The lowest BCUT2D eigenvalue weighted by atomic mass is 10.2. The van der Waals surface area contributed by atoms with Crippen molar-refractivity contribution in [3.05, 3.63) is 89.4 Å². The van der Waals surface area contributed by atoms with E-state index in [0.717, 1.165) is 15.8 Å². The van der Waals surface area contributed by atoms with Crippen LogP contribution in [0.5, 0.6) is 0 Å². The molecule has 152 valence electrons. The monoisotopic (exact) mass is 447 g/mol. The third-order valence-electron chi connectivity index (χ3n) is 4.49. The number of aromatic nitrogens is 4. The summed E-state index contributed by atoms with van der Waals surface area (Å²) < 4.78 is 14.3. The molecule has 1 amide bonds. The number of hydrogen-bond acceptors (Lipinski definition) is 7. The summed E-state index contributed by atoms with van der Waals surface area (Å²) >= 11 is 2.73. The summed E-state index contributed by atoms with van der Waals surface area (Å²) in [6.07, 6.45) is 3.26. The molecule has 2 aromatic carbocycles. The molecule has 0 unspecified atom stereocenters. The molecule has 9 heteroatoms. The minimum atomic E-state index is -0.325. The maximum atomic E-state index is 13.5. The molecule has 3 aromatic heterocycles. The largest absolute Gasteiger partial charge is 0.279 e. The number of amides is 1. The average Bonchev–Trinajstić information content (AvgIpc) is 3.46. The first-order valence-corrected chi connectivity index (χ1v) is 11.0. The number of fused-ring (bicyclic) bond motifs is 1. The van der Waals surface area contributed by atoms with Crippen molar-refractivity contribution in [3.8, 4) is 10.8 Å². The molecule has 31 heavy (non-hydrogen) atoms. The highest BCUT2D eigenvalue weighted by molar-refractivity contribution is 7.22. The Bertz CT molecular complexity index is 1320. The van der Waals surface area contributed by atoms with Gasteiger partial charge in [0.2, 0.25) is 0 Å². The van der Waals surface area contributed by atoms with E-state index in [0.29, 0.717) is 16.0 Å². The first-order valence-electron chi connectivity index (χ1n) is 9.32. The Morgan fingerprint density at radius 3 is 2.52 bits per heavy atom. The first-order chi connectivity index (χ1) is 15.2. The van der Waals surface area contributed by atoms with Crippen LogP contribution < -0.4 is 4.90 Å². The number of hydrogen-bond donors (Lipinski definition) is 0. The third kappa shape index (κ3) is 4.05. The zero-order valence-corrected chi connectivity index (χ0v) is 17.6. The average molecular weight is 448 g/mol. The number of carbonyl (C=O) groups is 1. The molecule has 5 aromatic rings. The van der Waals surface area contributed by atoms with Gasteiger partial charge in [0.1, 0.15) is 11.5 Å². The van der Waals surface area contributed by atoms with Crippen LogP contribution in [0, 0.1) is 5.82 Å². The molecule has 5 rings (SSSR count). The number of anilines is 1. The van der Waals surface area contributed by atoms with Crippen molar-refractivity contribution in [1.82, 2.24) is 19.9 Å². The van der Waals surface area contributed by atoms with Crippen molar-refractivity contribution < 1.29 is 9.18 Å². The van der Waals surface area contributed by atoms with Gasteiger partial charge in [-0.15, -0.1) is 11.3 Å². The zero-order valence-electron chi connectivity index (χ0n) is 16.0. The fraction of sp³-hybridized carbons (Fsp3) is 0.0455. The van der Waals surface area contributed by atoms with E-state index in [9.17, 15) is 9.18 Å². The second-order valence-corrected chi connectivity index (χ2v) is 8.46. The fourth-order valence-electron chi connectivity index (χ4n) is 3.00. The summed E-state index contributed by atoms with van der Waals surface area (Å²) in [5.41, 5.74) is 1.89. The maximum Gasteiger partial charge on any atom is 0.279 e. The predicted molar refractivity (Wildman–Crippen MR) is 120 cm³/mol. The van der Waals surface area contributed by atoms with Gasteiger partial charge in [-0.2, -0.15) is 0 Å². The Kier molecular flexibility index (Phi) is 5.19. The number of carbonyl (C=O) groups excluding carboxylic acids is 1. The van der Waals surface area contributed by atoms with Crippen molar-refractivity contribution in [2.45, 2.75) is 6.54 Å². The predicted octanol–water partition coefficient (Wildman–Crippen LogP) is 5.20. The Morgan fingerprint density at radius 1 is 0.968 bits per heavy atom. The topological polar surface area (TPSA) is 71.9 Å². The zero-order chi connectivity index (χ0) is 21.2. The highest BCUT2D eigenvalue weighted by Crippen LogP contribution is 2.31. The minimum Gasteiger partial charge on any atom is -0.278 e. The van der Waals surface area contributed by atoms with E-state index >= 15 is 0 Å². The van der Waals surface area contributed by atoms with E-state index in [-0.39, 0.29) is 24.0 Å². The van der Waals surface area contributed by atoms with E-state index in [2.05, 4.69) is 19.9 Å². The van der Waals surface area contributed by atoms with Crippen LogP contribution in [0.25, 0.3) is 21.0 Å². The van der Waals surface area contributed by atoms with Gasteiger partial charge in [0.15, 0.2) is 16.0 Å². The molecular formula is C22H14FN5OS2. The standard InChI is InChI=1S/C22H14FN5OS2/c23-15-8-6-14(7-9-15)12-28(22-27-16-4-1-2-5-18(16)31-22)21(29)17-13-30-20(26-17)19-24-10-3-11-25-19/h1-11,13H,12H2. The molecular weight excluding hydrogens is 433 g/mol. The Labute approximate surface area is 184 Å². The van der Waals surface area contributed by atoms with Gasteiger partial charge in [0.25, 0.3) is 5.91 Å². The molecule has 0 saturated carbocycles. The van der Waals surface area contributed by atoms with Gasteiger partial charge in [-0.3, -0.25) is 9.69 Å².